The van der Waals surface area contributed by atoms with Crippen molar-refractivity contribution in [2.75, 3.05) is 20.3 Å². The lowest BCUT2D eigenvalue weighted by molar-refractivity contribution is 0.159. The minimum Gasteiger partial charge on any atom is -0.493 e. The molecule has 2 rings (SSSR count). The number of aliphatic hydroxyl groups excluding tert-OH is 1. The van der Waals surface area contributed by atoms with Crippen LogP contribution < -0.4 is 9.47 Å². The third kappa shape index (κ3) is 4.00. The van der Waals surface area contributed by atoms with Crippen LogP contribution in [0.2, 0.25) is 0 Å². The summed E-state index contributed by atoms with van der Waals surface area (Å²) in [7, 11) is 1.62. The van der Waals surface area contributed by atoms with E-state index in [4.69, 9.17) is 9.47 Å². The van der Waals surface area contributed by atoms with E-state index >= 15 is 0 Å². The van der Waals surface area contributed by atoms with Gasteiger partial charge in [-0.3, -0.25) is 0 Å². The number of aliphatic hydroxyl groups is 1. The summed E-state index contributed by atoms with van der Waals surface area (Å²) >= 11 is 0. The molecule has 0 aliphatic carbocycles. The maximum absolute atomic E-state index is 9.48. The first-order chi connectivity index (χ1) is 9.83. The zero-order valence-corrected chi connectivity index (χ0v) is 11.7. The van der Waals surface area contributed by atoms with Crippen molar-refractivity contribution in [1.29, 1.82) is 0 Å². The number of hydrogen-bond donors (Lipinski definition) is 1. The lowest BCUT2D eigenvalue weighted by Crippen LogP contribution is -2.18. The average Bonchev–Trinajstić information content (AvgIpc) is 2.52. The van der Waals surface area contributed by atoms with E-state index in [-0.39, 0.29) is 12.5 Å². The van der Waals surface area contributed by atoms with Crippen molar-refractivity contribution in [2.45, 2.75) is 6.42 Å². The van der Waals surface area contributed by atoms with E-state index in [2.05, 4.69) is 12.1 Å². The Morgan fingerprint density at radius 2 is 1.60 bits per heavy atom. The van der Waals surface area contributed by atoms with Crippen molar-refractivity contribution in [2.24, 2.45) is 5.92 Å². The lowest BCUT2D eigenvalue weighted by Gasteiger charge is -2.16. The lowest BCUT2D eigenvalue weighted by atomic mass is 10.0. The zero-order chi connectivity index (χ0) is 14.2. The summed E-state index contributed by atoms with van der Waals surface area (Å²) in [6, 6.07) is 17.7. The number of rotatable bonds is 7. The fourth-order valence-corrected chi connectivity index (χ4v) is 2.07. The van der Waals surface area contributed by atoms with Crippen LogP contribution in [0.4, 0.5) is 0 Å². The molecule has 0 saturated carbocycles. The number of ether oxygens (including phenoxy) is 2. The van der Waals surface area contributed by atoms with Crippen molar-refractivity contribution in [3.63, 3.8) is 0 Å². The number of benzene rings is 2. The second-order valence-corrected chi connectivity index (χ2v) is 4.70. The predicted molar refractivity (Wildman–Crippen MR) is 79.2 cm³/mol. The zero-order valence-electron chi connectivity index (χ0n) is 11.7. The van der Waals surface area contributed by atoms with Gasteiger partial charge in [-0.25, -0.2) is 0 Å². The summed E-state index contributed by atoms with van der Waals surface area (Å²) < 4.78 is 11.0. The first-order valence-electron chi connectivity index (χ1n) is 6.74. The molecule has 0 saturated heterocycles. The molecule has 0 amide bonds. The van der Waals surface area contributed by atoms with Crippen LogP contribution in [0.15, 0.2) is 54.6 Å². The summed E-state index contributed by atoms with van der Waals surface area (Å²) in [6.45, 7) is 0.565. The van der Waals surface area contributed by atoms with Crippen LogP contribution >= 0.6 is 0 Å². The van der Waals surface area contributed by atoms with Gasteiger partial charge >= 0.3 is 0 Å². The van der Waals surface area contributed by atoms with Crippen molar-refractivity contribution in [1.82, 2.24) is 0 Å². The standard InChI is InChI=1S/C17H20O3/c1-19-16-9-5-6-10-17(16)20-13-15(12-18)11-14-7-3-2-4-8-14/h2-10,15,18H,11-13H2,1H3. The van der Waals surface area contributed by atoms with E-state index < -0.39 is 0 Å². The molecule has 106 valence electrons. The maximum atomic E-state index is 9.48. The van der Waals surface area contributed by atoms with Gasteiger partial charge in [0, 0.05) is 12.5 Å². The Hall–Kier alpha value is -2.00. The van der Waals surface area contributed by atoms with Gasteiger partial charge in [-0.1, -0.05) is 42.5 Å². The molecule has 1 atom stereocenters. The fraction of sp³-hybridized carbons (Fsp3) is 0.294. The summed E-state index contributed by atoms with van der Waals surface area (Å²) in [6.07, 6.45) is 0.798. The van der Waals surface area contributed by atoms with E-state index in [1.807, 2.05) is 42.5 Å². The molecule has 0 aliphatic heterocycles. The number of methoxy groups -OCH3 is 1. The fourth-order valence-electron chi connectivity index (χ4n) is 2.07. The Balaban J connectivity index is 1.94. The summed E-state index contributed by atoms with van der Waals surface area (Å²) in [5.41, 5.74) is 1.20. The first kappa shape index (κ1) is 14.4. The molecule has 0 fully saturated rings. The highest BCUT2D eigenvalue weighted by Gasteiger charge is 2.11. The molecule has 0 radical (unpaired) electrons. The van der Waals surface area contributed by atoms with Crippen molar-refractivity contribution in [3.8, 4) is 11.5 Å². The molecule has 0 bridgehead atoms. The molecule has 0 aromatic heterocycles. The average molecular weight is 272 g/mol. The summed E-state index contributed by atoms with van der Waals surface area (Å²) in [5.74, 6) is 1.49. The third-order valence-corrected chi connectivity index (χ3v) is 3.17. The largest absolute Gasteiger partial charge is 0.493 e. The minimum absolute atomic E-state index is 0.0716. The van der Waals surface area contributed by atoms with E-state index in [9.17, 15) is 5.11 Å². The van der Waals surface area contributed by atoms with Gasteiger partial charge in [0.1, 0.15) is 0 Å². The topological polar surface area (TPSA) is 38.7 Å². The molecule has 2 aromatic rings. The molecule has 0 aliphatic rings. The van der Waals surface area contributed by atoms with Gasteiger partial charge in [-0.05, 0) is 24.1 Å². The molecule has 3 nitrogen and oxygen atoms in total. The van der Waals surface area contributed by atoms with Crippen LogP contribution in [0, 0.1) is 5.92 Å². The van der Waals surface area contributed by atoms with Gasteiger partial charge in [0.25, 0.3) is 0 Å². The van der Waals surface area contributed by atoms with E-state index in [0.717, 1.165) is 6.42 Å². The smallest absolute Gasteiger partial charge is 0.161 e. The monoisotopic (exact) mass is 272 g/mol. The SMILES string of the molecule is COc1ccccc1OCC(CO)Cc1ccccc1. The predicted octanol–water partition coefficient (Wildman–Crippen LogP) is 2.93. The Bertz CT molecular complexity index is 511. The molecule has 0 spiro atoms. The Morgan fingerprint density at radius 3 is 2.25 bits per heavy atom. The molecular weight excluding hydrogens is 252 g/mol. The Labute approximate surface area is 119 Å². The second kappa shape index (κ2) is 7.56. The van der Waals surface area contributed by atoms with Gasteiger partial charge in [-0.15, -0.1) is 0 Å². The third-order valence-electron chi connectivity index (χ3n) is 3.17. The van der Waals surface area contributed by atoms with Crippen molar-refractivity contribution in [3.05, 3.63) is 60.2 Å². The van der Waals surface area contributed by atoms with Crippen molar-refractivity contribution >= 4 is 0 Å². The Morgan fingerprint density at radius 1 is 0.950 bits per heavy atom. The molecular formula is C17H20O3. The van der Waals surface area contributed by atoms with Crippen molar-refractivity contribution < 1.29 is 14.6 Å². The van der Waals surface area contributed by atoms with Crippen LogP contribution in [0.5, 0.6) is 11.5 Å². The first-order valence-corrected chi connectivity index (χ1v) is 6.74. The van der Waals surface area contributed by atoms with E-state index in [1.54, 1.807) is 7.11 Å². The number of hydrogen-bond acceptors (Lipinski definition) is 3. The molecule has 1 N–H and O–H groups in total. The van der Waals surface area contributed by atoms with Crippen LogP contribution in [0.3, 0.4) is 0 Å². The second-order valence-electron chi connectivity index (χ2n) is 4.70. The van der Waals surface area contributed by atoms with Gasteiger partial charge in [0.05, 0.1) is 13.7 Å². The molecule has 20 heavy (non-hydrogen) atoms. The highest BCUT2D eigenvalue weighted by atomic mass is 16.5. The van der Waals surface area contributed by atoms with Gasteiger partial charge in [-0.2, -0.15) is 0 Å². The highest BCUT2D eigenvalue weighted by molar-refractivity contribution is 5.39. The van der Waals surface area contributed by atoms with Gasteiger partial charge < -0.3 is 14.6 Å². The summed E-state index contributed by atoms with van der Waals surface area (Å²) in [4.78, 5) is 0. The molecule has 2 aromatic carbocycles. The number of para-hydroxylation sites is 2. The Kier molecular flexibility index (Phi) is 5.44. The van der Waals surface area contributed by atoms with Crippen LogP contribution in [-0.2, 0) is 6.42 Å². The minimum atomic E-state index is 0.0716. The normalized spacial score (nSPS) is 11.9. The quantitative estimate of drug-likeness (QED) is 0.842. The van der Waals surface area contributed by atoms with Gasteiger partial charge in [0.2, 0.25) is 0 Å². The van der Waals surface area contributed by atoms with Crippen LogP contribution in [0.25, 0.3) is 0 Å². The summed E-state index contributed by atoms with van der Waals surface area (Å²) in [5, 5.41) is 9.48. The molecule has 0 heterocycles. The maximum Gasteiger partial charge on any atom is 0.161 e. The molecule has 3 heteroatoms. The van der Waals surface area contributed by atoms with E-state index in [0.29, 0.717) is 18.1 Å². The van der Waals surface area contributed by atoms with E-state index in [1.165, 1.54) is 5.56 Å². The van der Waals surface area contributed by atoms with Gasteiger partial charge in [0.15, 0.2) is 11.5 Å². The van der Waals surface area contributed by atoms with Crippen LogP contribution in [0.1, 0.15) is 5.56 Å². The van der Waals surface area contributed by atoms with Crippen LogP contribution in [-0.4, -0.2) is 25.4 Å². The molecule has 1 unspecified atom stereocenters. The highest BCUT2D eigenvalue weighted by Crippen LogP contribution is 2.26.